The molecule has 4 atom stereocenters. The van der Waals surface area contributed by atoms with Crippen molar-refractivity contribution in [2.45, 2.75) is 56.9 Å². The third-order valence-corrected chi connectivity index (χ3v) is 5.55. The third-order valence-electron chi connectivity index (χ3n) is 5.55. The van der Waals surface area contributed by atoms with Gasteiger partial charge in [-0.05, 0) is 42.5 Å². The SMILES string of the molecule is COc1ccc(CO[C@@H]2CC/C=C\C[C@H]([C@H](O)COCc3ccccc3)O[C@H]2CO)cc1. The number of allylic oxidation sites excluding steroid dienone is 1. The summed E-state index contributed by atoms with van der Waals surface area (Å²) in [6, 6.07) is 17.5. The molecule has 6 heteroatoms. The number of benzene rings is 2. The summed E-state index contributed by atoms with van der Waals surface area (Å²) in [5, 5.41) is 20.7. The Morgan fingerprint density at radius 3 is 2.47 bits per heavy atom. The minimum atomic E-state index is -0.808. The van der Waals surface area contributed by atoms with Crippen LogP contribution >= 0.6 is 0 Å². The second-order valence-electron chi connectivity index (χ2n) is 7.95. The van der Waals surface area contributed by atoms with Crippen molar-refractivity contribution in [3.8, 4) is 5.75 Å². The minimum absolute atomic E-state index is 0.156. The lowest BCUT2D eigenvalue weighted by Gasteiger charge is -2.31. The van der Waals surface area contributed by atoms with Gasteiger partial charge in [-0.25, -0.2) is 0 Å². The van der Waals surface area contributed by atoms with Crippen LogP contribution in [0.1, 0.15) is 30.4 Å². The van der Waals surface area contributed by atoms with Gasteiger partial charge in [0.15, 0.2) is 0 Å². The van der Waals surface area contributed by atoms with E-state index in [-0.39, 0.29) is 19.3 Å². The number of ether oxygens (including phenoxy) is 4. The first-order valence-electron chi connectivity index (χ1n) is 11.1. The third kappa shape index (κ3) is 7.73. The Labute approximate surface area is 190 Å². The Morgan fingerprint density at radius 2 is 1.75 bits per heavy atom. The van der Waals surface area contributed by atoms with Crippen molar-refractivity contribution in [3.63, 3.8) is 0 Å². The predicted molar refractivity (Wildman–Crippen MR) is 122 cm³/mol. The Balaban J connectivity index is 1.55. The van der Waals surface area contributed by atoms with Crippen molar-refractivity contribution >= 4 is 0 Å². The van der Waals surface area contributed by atoms with Gasteiger partial charge in [0.05, 0.1) is 45.7 Å². The summed E-state index contributed by atoms with van der Waals surface area (Å²) in [6.45, 7) is 0.813. The van der Waals surface area contributed by atoms with Crippen LogP contribution in [0.2, 0.25) is 0 Å². The maximum atomic E-state index is 10.7. The van der Waals surface area contributed by atoms with Crippen LogP contribution in [0.25, 0.3) is 0 Å². The molecule has 0 fully saturated rings. The number of hydrogen-bond acceptors (Lipinski definition) is 6. The highest BCUT2D eigenvalue weighted by Crippen LogP contribution is 2.21. The molecule has 3 rings (SSSR count). The van der Waals surface area contributed by atoms with E-state index in [2.05, 4.69) is 6.08 Å². The van der Waals surface area contributed by atoms with Gasteiger partial charge in [0.25, 0.3) is 0 Å². The Morgan fingerprint density at radius 1 is 1.00 bits per heavy atom. The molecule has 2 aromatic rings. The number of methoxy groups -OCH3 is 1. The van der Waals surface area contributed by atoms with E-state index in [4.69, 9.17) is 18.9 Å². The summed E-state index contributed by atoms with van der Waals surface area (Å²) >= 11 is 0. The highest BCUT2D eigenvalue weighted by molar-refractivity contribution is 5.26. The zero-order valence-electron chi connectivity index (χ0n) is 18.6. The molecule has 0 saturated heterocycles. The highest BCUT2D eigenvalue weighted by Gasteiger charge is 2.29. The Kier molecular flexibility index (Phi) is 10.2. The van der Waals surface area contributed by atoms with Crippen LogP contribution in [0.5, 0.6) is 5.75 Å². The fourth-order valence-corrected chi connectivity index (χ4v) is 3.67. The van der Waals surface area contributed by atoms with Gasteiger partial charge < -0.3 is 29.2 Å². The van der Waals surface area contributed by atoms with E-state index in [0.29, 0.717) is 19.6 Å². The summed E-state index contributed by atoms with van der Waals surface area (Å²) in [6.07, 6.45) is 4.10. The molecule has 0 radical (unpaired) electrons. The van der Waals surface area contributed by atoms with Gasteiger partial charge in [0.2, 0.25) is 0 Å². The molecule has 1 aliphatic heterocycles. The van der Waals surface area contributed by atoms with Gasteiger partial charge in [-0.2, -0.15) is 0 Å². The topological polar surface area (TPSA) is 77.4 Å². The zero-order valence-corrected chi connectivity index (χ0v) is 18.6. The van der Waals surface area contributed by atoms with Gasteiger partial charge in [0, 0.05) is 0 Å². The second kappa shape index (κ2) is 13.4. The average Bonchev–Trinajstić information content (AvgIpc) is 2.94. The van der Waals surface area contributed by atoms with E-state index in [1.54, 1.807) is 7.11 Å². The van der Waals surface area contributed by atoms with Crippen molar-refractivity contribution in [1.29, 1.82) is 0 Å². The fourth-order valence-electron chi connectivity index (χ4n) is 3.67. The molecule has 1 aliphatic rings. The van der Waals surface area contributed by atoms with E-state index >= 15 is 0 Å². The van der Waals surface area contributed by atoms with E-state index in [1.165, 1.54) is 0 Å². The van der Waals surface area contributed by atoms with E-state index in [9.17, 15) is 10.2 Å². The molecule has 0 spiro atoms. The molecule has 0 aromatic heterocycles. The minimum Gasteiger partial charge on any atom is -0.497 e. The number of aliphatic hydroxyl groups excluding tert-OH is 2. The second-order valence-corrected chi connectivity index (χ2v) is 7.95. The molecule has 174 valence electrons. The Hall–Kier alpha value is -2.22. The van der Waals surface area contributed by atoms with Gasteiger partial charge in [0.1, 0.15) is 18.0 Å². The molecule has 0 saturated carbocycles. The lowest BCUT2D eigenvalue weighted by molar-refractivity contribution is -0.156. The van der Waals surface area contributed by atoms with E-state index in [1.807, 2.05) is 60.7 Å². The van der Waals surface area contributed by atoms with Crippen LogP contribution in [-0.4, -0.2) is 55.0 Å². The zero-order chi connectivity index (χ0) is 22.6. The maximum Gasteiger partial charge on any atom is 0.118 e. The maximum absolute atomic E-state index is 10.7. The molecular formula is C26H34O6. The number of aliphatic hydroxyl groups is 2. The van der Waals surface area contributed by atoms with Crippen LogP contribution in [-0.2, 0) is 27.4 Å². The monoisotopic (exact) mass is 442 g/mol. The van der Waals surface area contributed by atoms with Crippen molar-refractivity contribution in [3.05, 3.63) is 77.9 Å². The standard InChI is InChI=1S/C26H34O6/c1-29-22-14-12-21(13-15-22)18-31-25-11-7-3-6-10-24(32-26(25)16-27)23(28)19-30-17-20-8-4-2-5-9-20/h2-6,8-9,12-15,23-28H,7,10-11,16-19H2,1H3/b6-3-/t23-,24-,25-,26+/m1/s1. The fraction of sp³-hybridized carbons (Fsp3) is 0.462. The summed E-state index contributed by atoms with van der Waals surface area (Å²) < 4.78 is 23.2. The predicted octanol–water partition coefficient (Wildman–Crippen LogP) is 3.64. The quantitative estimate of drug-likeness (QED) is 0.547. The van der Waals surface area contributed by atoms with Crippen molar-refractivity contribution in [2.24, 2.45) is 0 Å². The van der Waals surface area contributed by atoms with Crippen LogP contribution in [0.15, 0.2) is 66.7 Å². The lowest BCUT2D eigenvalue weighted by Crippen LogP contribution is -2.42. The van der Waals surface area contributed by atoms with Crippen LogP contribution in [0, 0.1) is 0 Å². The smallest absolute Gasteiger partial charge is 0.118 e. The van der Waals surface area contributed by atoms with Crippen LogP contribution in [0.4, 0.5) is 0 Å². The molecule has 2 aromatic carbocycles. The normalized spacial score (nSPS) is 23.5. The summed E-state index contributed by atoms with van der Waals surface area (Å²) in [7, 11) is 1.64. The first-order valence-corrected chi connectivity index (χ1v) is 11.1. The molecule has 32 heavy (non-hydrogen) atoms. The molecule has 0 aliphatic carbocycles. The van der Waals surface area contributed by atoms with Crippen LogP contribution in [0.3, 0.4) is 0 Å². The summed E-state index contributed by atoms with van der Waals surface area (Å²) in [4.78, 5) is 0. The van der Waals surface area contributed by atoms with Crippen molar-refractivity contribution in [2.75, 3.05) is 20.3 Å². The lowest BCUT2D eigenvalue weighted by atomic mass is 10.1. The van der Waals surface area contributed by atoms with Crippen LogP contribution < -0.4 is 4.74 Å². The number of hydrogen-bond donors (Lipinski definition) is 2. The molecule has 0 bridgehead atoms. The van der Waals surface area contributed by atoms with Crippen molar-refractivity contribution in [1.82, 2.24) is 0 Å². The molecular weight excluding hydrogens is 408 g/mol. The molecule has 6 nitrogen and oxygen atoms in total. The average molecular weight is 443 g/mol. The molecule has 0 unspecified atom stereocenters. The van der Waals surface area contributed by atoms with E-state index < -0.39 is 18.3 Å². The summed E-state index contributed by atoms with van der Waals surface area (Å²) in [5.74, 6) is 0.796. The van der Waals surface area contributed by atoms with E-state index in [0.717, 1.165) is 29.7 Å². The van der Waals surface area contributed by atoms with Gasteiger partial charge in [-0.3, -0.25) is 0 Å². The first kappa shape index (κ1) is 24.4. The molecule has 2 N–H and O–H groups in total. The summed E-state index contributed by atoms with van der Waals surface area (Å²) in [5.41, 5.74) is 2.07. The Bertz CT molecular complexity index is 792. The number of rotatable bonds is 10. The molecule has 0 amide bonds. The highest BCUT2D eigenvalue weighted by atomic mass is 16.6. The molecule has 1 heterocycles. The van der Waals surface area contributed by atoms with Gasteiger partial charge >= 0.3 is 0 Å². The van der Waals surface area contributed by atoms with Gasteiger partial charge in [-0.1, -0.05) is 54.6 Å². The van der Waals surface area contributed by atoms with Gasteiger partial charge in [-0.15, -0.1) is 0 Å². The van der Waals surface area contributed by atoms with Crippen molar-refractivity contribution < 1.29 is 29.2 Å². The largest absolute Gasteiger partial charge is 0.497 e. The first-order chi connectivity index (χ1) is 15.7.